The van der Waals surface area contributed by atoms with Crippen LogP contribution in [0.2, 0.25) is 0 Å². The Morgan fingerprint density at radius 2 is 2.00 bits per heavy atom. The first-order chi connectivity index (χ1) is 6.33. The second-order valence-corrected chi connectivity index (χ2v) is 3.65. The third-order valence-corrected chi connectivity index (χ3v) is 2.20. The first-order valence-corrected chi connectivity index (χ1v) is 5.03. The lowest BCUT2D eigenvalue weighted by Gasteiger charge is -1.94. The number of halogens is 1. The van der Waals surface area contributed by atoms with E-state index in [1.165, 1.54) is 5.56 Å². The summed E-state index contributed by atoms with van der Waals surface area (Å²) in [5, 5.41) is 0. The van der Waals surface area contributed by atoms with E-state index in [1.807, 2.05) is 12.1 Å². The molecule has 1 aromatic carbocycles. The van der Waals surface area contributed by atoms with Gasteiger partial charge in [0.2, 0.25) is 0 Å². The topological polar surface area (TPSA) is 9.23 Å². The monoisotopic (exact) mass is 240 g/mol. The summed E-state index contributed by atoms with van der Waals surface area (Å²) in [6.45, 7) is 0.785. The number of ether oxygens (including phenoxy) is 1. The van der Waals surface area contributed by atoms with Crippen molar-refractivity contribution in [1.29, 1.82) is 0 Å². The predicted octanol–water partition coefficient (Wildman–Crippen LogP) is 3.50. The molecule has 0 unspecified atom stereocenters. The van der Waals surface area contributed by atoms with E-state index in [4.69, 9.17) is 4.74 Å². The molecule has 13 heavy (non-hydrogen) atoms. The maximum Gasteiger partial charge on any atom is 0.0496 e. The second kappa shape index (κ2) is 5.95. The smallest absolute Gasteiger partial charge is 0.0496 e. The van der Waals surface area contributed by atoms with Crippen LogP contribution in [0, 0.1) is 0 Å². The Kier molecular flexibility index (Phi) is 4.79. The van der Waals surface area contributed by atoms with Gasteiger partial charge in [-0.15, -0.1) is 0 Å². The molecule has 0 aliphatic carbocycles. The molecule has 1 nitrogen and oxygen atoms in total. The molecule has 0 amide bonds. The zero-order chi connectivity index (χ0) is 9.52. The van der Waals surface area contributed by atoms with E-state index in [0.29, 0.717) is 0 Å². The fourth-order valence-corrected chi connectivity index (χ4v) is 1.24. The van der Waals surface area contributed by atoms with Crippen LogP contribution < -0.4 is 0 Å². The van der Waals surface area contributed by atoms with E-state index >= 15 is 0 Å². The molecular formula is C11H13BrO. The highest BCUT2D eigenvalue weighted by Gasteiger charge is 1.86. The summed E-state index contributed by atoms with van der Waals surface area (Å²) >= 11 is 3.39. The number of benzene rings is 1. The predicted molar refractivity (Wildman–Crippen MR) is 59.7 cm³/mol. The molecule has 0 aromatic heterocycles. The van der Waals surface area contributed by atoms with Gasteiger partial charge in [-0.3, -0.25) is 0 Å². The van der Waals surface area contributed by atoms with Gasteiger partial charge in [0.1, 0.15) is 0 Å². The van der Waals surface area contributed by atoms with Crippen molar-refractivity contribution in [3.63, 3.8) is 0 Å². The average Bonchev–Trinajstić information content (AvgIpc) is 2.15. The Morgan fingerprint density at radius 1 is 1.31 bits per heavy atom. The Balaban J connectivity index is 2.44. The van der Waals surface area contributed by atoms with Crippen molar-refractivity contribution >= 4 is 22.0 Å². The summed E-state index contributed by atoms with van der Waals surface area (Å²) < 4.78 is 6.05. The molecule has 0 saturated carbocycles. The maximum absolute atomic E-state index is 4.94. The zero-order valence-electron chi connectivity index (χ0n) is 7.66. The number of methoxy groups -OCH3 is 1. The molecule has 2 heteroatoms. The van der Waals surface area contributed by atoms with Crippen molar-refractivity contribution < 1.29 is 4.74 Å². The van der Waals surface area contributed by atoms with Gasteiger partial charge < -0.3 is 4.74 Å². The van der Waals surface area contributed by atoms with E-state index in [2.05, 4.69) is 40.2 Å². The standard InChI is InChI=1S/C11H13BrO/c1-13-9-3-2-4-10-5-7-11(12)8-6-10/h2,4-8H,3,9H2,1H3. The maximum atomic E-state index is 4.94. The van der Waals surface area contributed by atoms with Gasteiger partial charge in [-0.05, 0) is 24.1 Å². The Bertz CT molecular complexity index is 264. The van der Waals surface area contributed by atoms with Crippen molar-refractivity contribution in [1.82, 2.24) is 0 Å². The minimum absolute atomic E-state index is 0.785. The van der Waals surface area contributed by atoms with Gasteiger partial charge in [0.05, 0.1) is 0 Å². The molecule has 0 bridgehead atoms. The molecule has 0 saturated heterocycles. The van der Waals surface area contributed by atoms with Gasteiger partial charge in [-0.2, -0.15) is 0 Å². The molecule has 0 radical (unpaired) electrons. The van der Waals surface area contributed by atoms with Gasteiger partial charge in [0, 0.05) is 18.2 Å². The Hall–Kier alpha value is -0.600. The van der Waals surface area contributed by atoms with E-state index in [9.17, 15) is 0 Å². The first-order valence-electron chi connectivity index (χ1n) is 4.24. The highest BCUT2D eigenvalue weighted by atomic mass is 79.9. The molecule has 0 fully saturated rings. The van der Waals surface area contributed by atoms with Crippen molar-refractivity contribution in [3.8, 4) is 0 Å². The van der Waals surface area contributed by atoms with E-state index in [-0.39, 0.29) is 0 Å². The lowest BCUT2D eigenvalue weighted by Crippen LogP contribution is -1.83. The molecule has 70 valence electrons. The molecule has 0 heterocycles. The largest absolute Gasteiger partial charge is 0.384 e. The SMILES string of the molecule is COCCC=Cc1ccc(Br)cc1. The van der Waals surface area contributed by atoms with Crippen LogP contribution >= 0.6 is 15.9 Å². The van der Waals surface area contributed by atoms with Crippen LogP contribution in [0.4, 0.5) is 0 Å². The van der Waals surface area contributed by atoms with Crippen LogP contribution in [-0.2, 0) is 4.74 Å². The Labute approximate surface area is 87.5 Å². The second-order valence-electron chi connectivity index (χ2n) is 2.74. The summed E-state index contributed by atoms with van der Waals surface area (Å²) in [7, 11) is 1.72. The van der Waals surface area contributed by atoms with Crippen LogP contribution in [0.15, 0.2) is 34.8 Å². The van der Waals surface area contributed by atoms with Crippen molar-refractivity contribution in [2.75, 3.05) is 13.7 Å². The third-order valence-electron chi connectivity index (χ3n) is 1.67. The van der Waals surface area contributed by atoms with Gasteiger partial charge in [-0.25, -0.2) is 0 Å². The van der Waals surface area contributed by atoms with Crippen LogP contribution in [0.25, 0.3) is 6.08 Å². The normalized spacial score (nSPS) is 10.9. The van der Waals surface area contributed by atoms with Crippen LogP contribution in [0.5, 0.6) is 0 Å². The molecular weight excluding hydrogens is 228 g/mol. The van der Waals surface area contributed by atoms with E-state index in [1.54, 1.807) is 7.11 Å². The van der Waals surface area contributed by atoms with Crippen molar-refractivity contribution in [3.05, 3.63) is 40.4 Å². The van der Waals surface area contributed by atoms with Gasteiger partial charge in [-0.1, -0.05) is 40.2 Å². The van der Waals surface area contributed by atoms with Crippen molar-refractivity contribution in [2.24, 2.45) is 0 Å². The first kappa shape index (κ1) is 10.5. The third kappa shape index (κ3) is 4.25. The highest BCUT2D eigenvalue weighted by Crippen LogP contribution is 2.11. The molecule has 0 aliphatic heterocycles. The molecule has 1 aromatic rings. The molecule has 1 rings (SSSR count). The fraction of sp³-hybridized carbons (Fsp3) is 0.273. The summed E-state index contributed by atoms with van der Waals surface area (Å²) in [5.41, 5.74) is 1.22. The molecule has 0 aliphatic rings. The van der Waals surface area contributed by atoms with Crippen molar-refractivity contribution in [2.45, 2.75) is 6.42 Å². The minimum Gasteiger partial charge on any atom is -0.384 e. The van der Waals surface area contributed by atoms with Gasteiger partial charge in [0.25, 0.3) is 0 Å². The zero-order valence-corrected chi connectivity index (χ0v) is 9.25. The highest BCUT2D eigenvalue weighted by molar-refractivity contribution is 9.10. The number of rotatable bonds is 4. The Morgan fingerprint density at radius 3 is 2.62 bits per heavy atom. The molecule has 0 atom stereocenters. The summed E-state index contributed by atoms with van der Waals surface area (Å²) in [4.78, 5) is 0. The van der Waals surface area contributed by atoms with Gasteiger partial charge >= 0.3 is 0 Å². The average molecular weight is 241 g/mol. The van der Waals surface area contributed by atoms with E-state index < -0.39 is 0 Å². The summed E-state index contributed by atoms with van der Waals surface area (Å²) in [6.07, 6.45) is 5.19. The van der Waals surface area contributed by atoms with Crippen LogP contribution in [0.3, 0.4) is 0 Å². The molecule has 0 N–H and O–H groups in total. The number of hydrogen-bond donors (Lipinski definition) is 0. The lowest BCUT2D eigenvalue weighted by molar-refractivity contribution is 0.204. The lowest BCUT2D eigenvalue weighted by atomic mass is 10.2. The minimum atomic E-state index is 0.785. The van der Waals surface area contributed by atoms with Crippen LogP contribution in [0.1, 0.15) is 12.0 Å². The summed E-state index contributed by atoms with van der Waals surface area (Å²) in [6, 6.07) is 8.23. The molecule has 0 spiro atoms. The van der Waals surface area contributed by atoms with Crippen LogP contribution in [-0.4, -0.2) is 13.7 Å². The van der Waals surface area contributed by atoms with Gasteiger partial charge in [0.15, 0.2) is 0 Å². The number of hydrogen-bond acceptors (Lipinski definition) is 1. The summed E-state index contributed by atoms with van der Waals surface area (Å²) in [5.74, 6) is 0. The van der Waals surface area contributed by atoms with E-state index in [0.717, 1.165) is 17.5 Å². The quantitative estimate of drug-likeness (QED) is 0.733. The fourth-order valence-electron chi connectivity index (χ4n) is 0.979.